The summed E-state index contributed by atoms with van der Waals surface area (Å²) in [5.74, 6) is -0.695. The van der Waals surface area contributed by atoms with E-state index in [0.717, 1.165) is 18.4 Å². The number of amides is 1. The van der Waals surface area contributed by atoms with E-state index in [4.69, 9.17) is 19.3 Å². The summed E-state index contributed by atoms with van der Waals surface area (Å²) in [6.07, 6.45) is 6.78. The number of esters is 1. The van der Waals surface area contributed by atoms with E-state index < -0.39 is 30.0 Å². The standard InChI is InChI=1S/C24H37NO7/c1-15-14-16(2)24-18(6-4-7-19(24)20(27)8-5-13-30-24)9-10-21(28)32-22(15)17(3)31-23(29)25-11-12-26/h4,6,14-15,17-20,22,26-27H,5,7-13H2,1-3H3,(H,25,29)/b16-14+/t15?,17?,18?,19?,20?,22?,24-/m0/s1. The highest BCUT2D eigenvalue weighted by molar-refractivity contribution is 5.70. The summed E-state index contributed by atoms with van der Waals surface area (Å²) < 4.78 is 17.7. The summed E-state index contributed by atoms with van der Waals surface area (Å²) in [5, 5.41) is 22.3. The molecule has 1 spiro atoms. The SMILES string of the molecule is C/C1=C\C(C)C(C(C)OC(=O)NCCO)OC(=O)CCC2C=CCC3C(O)CCCO[C@@]123. The molecular weight excluding hydrogens is 414 g/mol. The Morgan fingerprint density at radius 2 is 2.19 bits per heavy atom. The minimum absolute atomic E-state index is 0.0283. The topological polar surface area (TPSA) is 114 Å². The predicted octanol–water partition coefficient (Wildman–Crippen LogP) is 2.48. The van der Waals surface area contributed by atoms with E-state index in [1.807, 2.05) is 19.9 Å². The minimum Gasteiger partial charge on any atom is -0.458 e. The quantitative estimate of drug-likeness (QED) is 0.444. The summed E-state index contributed by atoms with van der Waals surface area (Å²) >= 11 is 0. The van der Waals surface area contributed by atoms with Crippen molar-refractivity contribution in [2.24, 2.45) is 17.8 Å². The van der Waals surface area contributed by atoms with E-state index >= 15 is 0 Å². The minimum atomic E-state index is -0.688. The largest absolute Gasteiger partial charge is 0.458 e. The number of rotatable bonds is 4. The van der Waals surface area contributed by atoms with Crippen LogP contribution in [0.3, 0.4) is 0 Å². The van der Waals surface area contributed by atoms with E-state index in [9.17, 15) is 14.7 Å². The lowest BCUT2D eigenvalue weighted by atomic mass is 9.64. The van der Waals surface area contributed by atoms with Gasteiger partial charge in [0, 0.05) is 37.3 Å². The maximum atomic E-state index is 12.7. The van der Waals surface area contributed by atoms with Crippen LogP contribution in [-0.4, -0.2) is 65.9 Å². The molecule has 8 nitrogen and oxygen atoms in total. The number of carbonyl (C=O) groups is 2. The number of alkyl carbamates (subject to hydrolysis) is 1. The number of hydrogen-bond donors (Lipinski definition) is 3. The molecule has 3 N–H and O–H groups in total. The lowest BCUT2D eigenvalue weighted by Gasteiger charge is -2.49. The molecule has 0 radical (unpaired) electrons. The molecule has 1 amide bonds. The molecule has 3 aliphatic rings. The van der Waals surface area contributed by atoms with Gasteiger partial charge in [0.25, 0.3) is 0 Å². The zero-order valence-electron chi connectivity index (χ0n) is 19.3. The maximum Gasteiger partial charge on any atom is 0.407 e. The molecule has 32 heavy (non-hydrogen) atoms. The molecule has 7 atom stereocenters. The summed E-state index contributed by atoms with van der Waals surface area (Å²) in [5.41, 5.74) is 0.356. The number of aliphatic hydroxyl groups is 2. The number of aliphatic hydroxyl groups excluding tert-OH is 2. The second-order valence-corrected chi connectivity index (χ2v) is 9.19. The highest BCUT2D eigenvalue weighted by Gasteiger charge is 2.52. The van der Waals surface area contributed by atoms with Gasteiger partial charge in [-0.1, -0.05) is 25.2 Å². The summed E-state index contributed by atoms with van der Waals surface area (Å²) in [6.45, 7) is 6.12. The number of carbonyl (C=O) groups excluding carboxylic acids is 2. The molecule has 3 rings (SSSR count). The van der Waals surface area contributed by atoms with Crippen LogP contribution in [0.5, 0.6) is 0 Å². The molecule has 180 valence electrons. The van der Waals surface area contributed by atoms with E-state index in [0.29, 0.717) is 19.4 Å². The van der Waals surface area contributed by atoms with Crippen molar-refractivity contribution < 1.29 is 34.0 Å². The van der Waals surface area contributed by atoms with Crippen LogP contribution in [0.4, 0.5) is 4.79 Å². The Bertz CT molecular complexity index is 736. The summed E-state index contributed by atoms with van der Waals surface area (Å²) in [6, 6.07) is 0. The van der Waals surface area contributed by atoms with Gasteiger partial charge in [0.1, 0.15) is 17.8 Å². The second-order valence-electron chi connectivity index (χ2n) is 9.19. The number of allylic oxidation sites excluding steroid dienone is 1. The van der Waals surface area contributed by atoms with E-state index in [-0.39, 0.29) is 43.3 Å². The third-order valence-electron chi connectivity index (χ3n) is 7.02. The smallest absolute Gasteiger partial charge is 0.407 e. The zero-order valence-corrected chi connectivity index (χ0v) is 19.3. The van der Waals surface area contributed by atoms with Gasteiger partial charge in [0.05, 0.1) is 12.7 Å². The average Bonchev–Trinajstić information content (AvgIpc) is 2.93. The first-order chi connectivity index (χ1) is 15.3. The number of hydrogen-bond acceptors (Lipinski definition) is 7. The van der Waals surface area contributed by atoms with Gasteiger partial charge >= 0.3 is 12.1 Å². The highest BCUT2D eigenvalue weighted by Crippen LogP contribution is 2.49. The first kappa shape index (κ1) is 24.7. The van der Waals surface area contributed by atoms with Gasteiger partial charge in [0.15, 0.2) is 0 Å². The van der Waals surface area contributed by atoms with Crippen LogP contribution in [0.25, 0.3) is 0 Å². The third-order valence-corrected chi connectivity index (χ3v) is 7.02. The Hall–Kier alpha value is -1.90. The fourth-order valence-corrected chi connectivity index (χ4v) is 5.55. The highest BCUT2D eigenvalue weighted by atomic mass is 16.6. The van der Waals surface area contributed by atoms with Crippen LogP contribution in [-0.2, 0) is 19.0 Å². The van der Waals surface area contributed by atoms with Crippen molar-refractivity contribution in [2.45, 2.75) is 76.8 Å². The lowest BCUT2D eigenvalue weighted by Crippen LogP contribution is -2.53. The van der Waals surface area contributed by atoms with Crippen molar-refractivity contribution >= 4 is 12.1 Å². The first-order valence-corrected chi connectivity index (χ1v) is 11.7. The third kappa shape index (κ3) is 5.18. The Balaban J connectivity index is 1.93. The van der Waals surface area contributed by atoms with Crippen molar-refractivity contribution in [1.29, 1.82) is 0 Å². The zero-order chi connectivity index (χ0) is 23.3. The maximum absolute atomic E-state index is 12.7. The molecule has 2 heterocycles. The monoisotopic (exact) mass is 451 g/mol. The number of cyclic esters (lactones) is 1. The van der Waals surface area contributed by atoms with E-state index in [1.165, 1.54) is 0 Å². The summed E-state index contributed by atoms with van der Waals surface area (Å²) in [4.78, 5) is 24.7. The average molecular weight is 452 g/mol. The summed E-state index contributed by atoms with van der Waals surface area (Å²) in [7, 11) is 0. The molecule has 8 heteroatoms. The first-order valence-electron chi connectivity index (χ1n) is 11.7. The fraction of sp³-hybridized carbons (Fsp3) is 0.750. The lowest BCUT2D eigenvalue weighted by molar-refractivity contribution is -0.159. The second kappa shape index (κ2) is 10.8. The van der Waals surface area contributed by atoms with Gasteiger partial charge in [-0.3, -0.25) is 4.79 Å². The van der Waals surface area contributed by atoms with Crippen molar-refractivity contribution in [3.05, 3.63) is 23.8 Å². The molecule has 1 aliphatic carbocycles. The molecule has 2 aliphatic heterocycles. The van der Waals surface area contributed by atoms with Gasteiger partial charge in [0.2, 0.25) is 0 Å². The van der Waals surface area contributed by atoms with Gasteiger partial charge in [-0.2, -0.15) is 0 Å². The van der Waals surface area contributed by atoms with Crippen molar-refractivity contribution in [1.82, 2.24) is 5.32 Å². The van der Waals surface area contributed by atoms with Gasteiger partial charge in [-0.05, 0) is 45.1 Å². The van der Waals surface area contributed by atoms with Crippen LogP contribution in [0.1, 0.15) is 52.9 Å². The van der Waals surface area contributed by atoms with Crippen molar-refractivity contribution in [3.63, 3.8) is 0 Å². The molecule has 6 unspecified atom stereocenters. The van der Waals surface area contributed by atoms with Crippen LogP contribution in [0, 0.1) is 17.8 Å². The number of ether oxygens (including phenoxy) is 3. The predicted molar refractivity (Wildman–Crippen MR) is 118 cm³/mol. The Morgan fingerprint density at radius 1 is 1.41 bits per heavy atom. The van der Waals surface area contributed by atoms with E-state index in [1.54, 1.807) is 6.92 Å². The fourth-order valence-electron chi connectivity index (χ4n) is 5.55. The molecule has 0 aromatic heterocycles. The van der Waals surface area contributed by atoms with Crippen LogP contribution >= 0.6 is 0 Å². The molecular formula is C24H37NO7. The molecule has 0 aromatic rings. The number of nitrogens with one attached hydrogen (secondary N) is 1. The Labute approximate surface area is 190 Å². The molecule has 0 bridgehead atoms. The van der Waals surface area contributed by atoms with E-state index in [2.05, 4.69) is 17.5 Å². The van der Waals surface area contributed by atoms with Crippen LogP contribution in [0.2, 0.25) is 0 Å². The molecule has 0 aromatic carbocycles. The molecule has 1 saturated heterocycles. The normalized spacial score (nSPS) is 38.1. The molecule has 0 saturated carbocycles. The van der Waals surface area contributed by atoms with Crippen molar-refractivity contribution in [3.8, 4) is 0 Å². The Morgan fingerprint density at radius 3 is 2.94 bits per heavy atom. The van der Waals surface area contributed by atoms with Crippen molar-refractivity contribution in [2.75, 3.05) is 19.8 Å². The van der Waals surface area contributed by atoms with Gasteiger partial charge in [-0.15, -0.1) is 0 Å². The molecule has 1 fully saturated rings. The van der Waals surface area contributed by atoms with Gasteiger partial charge < -0.3 is 29.7 Å². The Kier molecular flexibility index (Phi) is 8.36. The van der Waals surface area contributed by atoms with Crippen LogP contribution in [0.15, 0.2) is 23.8 Å². The van der Waals surface area contributed by atoms with Gasteiger partial charge in [-0.25, -0.2) is 4.79 Å². The van der Waals surface area contributed by atoms with Crippen LogP contribution < -0.4 is 5.32 Å².